The lowest BCUT2D eigenvalue weighted by Crippen LogP contribution is -2.30. The summed E-state index contributed by atoms with van der Waals surface area (Å²) in [5.74, 6) is 0.453. The Labute approximate surface area is 98.9 Å². The van der Waals surface area contributed by atoms with Crippen molar-refractivity contribution >= 4 is 5.78 Å². The molecule has 16 heavy (non-hydrogen) atoms. The van der Waals surface area contributed by atoms with Gasteiger partial charge in [-0.3, -0.25) is 4.79 Å². The van der Waals surface area contributed by atoms with E-state index < -0.39 is 0 Å². The Kier molecular flexibility index (Phi) is 3.90. The maximum atomic E-state index is 12.1. The highest BCUT2D eigenvalue weighted by Crippen LogP contribution is 2.27. The van der Waals surface area contributed by atoms with Crippen LogP contribution in [0.2, 0.25) is 0 Å². The van der Waals surface area contributed by atoms with Crippen molar-refractivity contribution < 1.29 is 4.79 Å². The third-order valence-corrected chi connectivity index (χ3v) is 3.09. The lowest BCUT2D eigenvalue weighted by Gasteiger charge is -2.26. The summed E-state index contributed by atoms with van der Waals surface area (Å²) in [6.07, 6.45) is 0.830. The van der Waals surface area contributed by atoms with E-state index >= 15 is 0 Å². The minimum absolute atomic E-state index is 0.110. The predicted molar refractivity (Wildman–Crippen MR) is 68.5 cm³/mol. The van der Waals surface area contributed by atoms with E-state index in [2.05, 4.69) is 19.1 Å². The van der Waals surface area contributed by atoms with Gasteiger partial charge in [-0.25, -0.2) is 0 Å². The average Bonchev–Trinajstić information content (AvgIpc) is 2.20. The van der Waals surface area contributed by atoms with Gasteiger partial charge in [0.2, 0.25) is 0 Å². The van der Waals surface area contributed by atoms with Crippen molar-refractivity contribution in [1.29, 1.82) is 0 Å². The fraction of sp³-hybridized carbons (Fsp3) is 0.533. The van der Waals surface area contributed by atoms with Crippen molar-refractivity contribution in [3.63, 3.8) is 0 Å². The first-order chi connectivity index (χ1) is 7.34. The third-order valence-electron chi connectivity index (χ3n) is 3.09. The SMILES string of the molecule is Cc1ccccc1CC(C)(C)C(=O)C(C)C. The molecule has 0 atom stereocenters. The standard InChI is InChI=1S/C15H22O/c1-11(2)14(16)15(4,5)10-13-9-7-6-8-12(13)3/h6-9,11H,10H2,1-5H3. The van der Waals surface area contributed by atoms with Crippen molar-refractivity contribution in [1.82, 2.24) is 0 Å². The van der Waals surface area contributed by atoms with Gasteiger partial charge >= 0.3 is 0 Å². The molecule has 0 amide bonds. The van der Waals surface area contributed by atoms with Gasteiger partial charge in [0.15, 0.2) is 0 Å². The van der Waals surface area contributed by atoms with Gasteiger partial charge < -0.3 is 0 Å². The minimum atomic E-state index is -0.264. The molecule has 0 unspecified atom stereocenters. The molecule has 1 aromatic rings. The maximum Gasteiger partial charge on any atom is 0.141 e. The number of hydrogen-bond acceptors (Lipinski definition) is 1. The highest BCUT2D eigenvalue weighted by molar-refractivity contribution is 5.86. The van der Waals surface area contributed by atoms with E-state index in [1.807, 2.05) is 39.8 Å². The molecule has 0 aliphatic heterocycles. The zero-order valence-electron chi connectivity index (χ0n) is 11.0. The van der Waals surface area contributed by atoms with Crippen LogP contribution in [0.5, 0.6) is 0 Å². The predicted octanol–water partition coefficient (Wildman–Crippen LogP) is 3.79. The third kappa shape index (κ3) is 2.94. The Morgan fingerprint density at radius 2 is 1.81 bits per heavy atom. The average molecular weight is 218 g/mol. The topological polar surface area (TPSA) is 17.1 Å². The lowest BCUT2D eigenvalue weighted by molar-refractivity contribution is -0.130. The zero-order valence-corrected chi connectivity index (χ0v) is 11.0. The molecule has 1 aromatic carbocycles. The van der Waals surface area contributed by atoms with Crippen molar-refractivity contribution in [2.45, 2.75) is 41.0 Å². The summed E-state index contributed by atoms with van der Waals surface area (Å²) >= 11 is 0. The molecule has 0 radical (unpaired) electrons. The first kappa shape index (κ1) is 13.0. The molecule has 0 aromatic heterocycles. The second-order valence-electron chi connectivity index (χ2n) is 5.51. The Morgan fingerprint density at radius 1 is 1.25 bits per heavy atom. The van der Waals surface area contributed by atoms with E-state index in [0.29, 0.717) is 5.78 Å². The van der Waals surface area contributed by atoms with Gasteiger partial charge in [-0.15, -0.1) is 0 Å². The van der Waals surface area contributed by atoms with E-state index in [9.17, 15) is 4.79 Å². The maximum absolute atomic E-state index is 12.1. The molecule has 0 heterocycles. The fourth-order valence-electron chi connectivity index (χ4n) is 2.15. The summed E-state index contributed by atoms with van der Waals surface area (Å²) in [7, 11) is 0. The molecule has 0 fully saturated rings. The van der Waals surface area contributed by atoms with Gasteiger partial charge in [0.05, 0.1) is 0 Å². The highest BCUT2D eigenvalue weighted by atomic mass is 16.1. The van der Waals surface area contributed by atoms with E-state index in [4.69, 9.17) is 0 Å². The van der Waals surface area contributed by atoms with Crippen LogP contribution in [-0.2, 0) is 11.2 Å². The molecule has 88 valence electrons. The molecule has 1 rings (SSSR count). The lowest BCUT2D eigenvalue weighted by atomic mass is 9.77. The van der Waals surface area contributed by atoms with Crippen molar-refractivity contribution in [2.75, 3.05) is 0 Å². The number of rotatable bonds is 4. The quantitative estimate of drug-likeness (QED) is 0.751. The summed E-state index contributed by atoms with van der Waals surface area (Å²) in [6, 6.07) is 8.30. The van der Waals surface area contributed by atoms with Crippen LogP contribution in [0.3, 0.4) is 0 Å². The number of hydrogen-bond donors (Lipinski definition) is 0. The van der Waals surface area contributed by atoms with Gasteiger partial charge in [0.25, 0.3) is 0 Å². The Morgan fingerprint density at radius 3 is 2.31 bits per heavy atom. The van der Waals surface area contributed by atoms with Crippen molar-refractivity contribution in [3.8, 4) is 0 Å². The molecular weight excluding hydrogens is 196 g/mol. The number of benzene rings is 1. The van der Waals surface area contributed by atoms with Crippen LogP contribution in [-0.4, -0.2) is 5.78 Å². The zero-order chi connectivity index (χ0) is 12.3. The molecule has 0 saturated carbocycles. The Hall–Kier alpha value is -1.11. The van der Waals surface area contributed by atoms with E-state index in [0.717, 1.165) is 6.42 Å². The molecule has 0 spiro atoms. The number of ketones is 1. The second-order valence-corrected chi connectivity index (χ2v) is 5.51. The van der Waals surface area contributed by atoms with Gasteiger partial charge in [-0.1, -0.05) is 52.0 Å². The minimum Gasteiger partial charge on any atom is -0.299 e. The Bertz CT molecular complexity index is 375. The van der Waals surface area contributed by atoms with Gasteiger partial charge in [-0.05, 0) is 24.5 Å². The summed E-state index contributed by atoms with van der Waals surface area (Å²) < 4.78 is 0. The van der Waals surface area contributed by atoms with Crippen molar-refractivity contribution in [2.24, 2.45) is 11.3 Å². The van der Waals surface area contributed by atoms with Crippen LogP contribution in [0, 0.1) is 18.3 Å². The molecule has 0 aliphatic carbocycles. The van der Waals surface area contributed by atoms with Gasteiger partial charge in [-0.2, -0.15) is 0 Å². The molecule has 0 aliphatic rings. The monoisotopic (exact) mass is 218 g/mol. The van der Waals surface area contributed by atoms with Crippen LogP contribution in [0.15, 0.2) is 24.3 Å². The number of aryl methyl sites for hydroxylation is 1. The van der Waals surface area contributed by atoms with Crippen LogP contribution in [0.1, 0.15) is 38.8 Å². The molecular formula is C15H22O. The highest BCUT2D eigenvalue weighted by Gasteiger charge is 2.29. The van der Waals surface area contributed by atoms with Gasteiger partial charge in [0.1, 0.15) is 5.78 Å². The number of Topliss-reactive ketones (excluding diaryl/α,β-unsaturated/α-hetero) is 1. The van der Waals surface area contributed by atoms with Crippen LogP contribution < -0.4 is 0 Å². The van der Waals surface area contributed by atoms with E-state index in [1.54, 1.807) is 0 Å². The summed E-state index contributed by atoms with van der Waals surface area (Å²) in [6.45, 7) is 10.1. The summed E-state index contributed by atoms with van der Waals surface area (Å²) in [4.78, 5) is 12.1. The summed E-state index contributed by atoms with van der Waals surface area (Å²) in [5.41, 5.74) is 2.29. The molecule has 0 saturated heterocycles. The van der Waals surface area contributed by atoms with Crippen LogP contribution >= 0.6 is 0 Å². The van der Waals surface area contributed by atoms with Crippen LogP contribution in [0.25, 0.3) is 0 Å². The number of carbonyl (C=O) groups excluding carboxylic acids is 1. The van der Waals surface area contributed by atoms with Crippen molar-refractivity contribution in [3.05, 3.63) is 35.4 Å². The largest absolute Gasteiger partial charge is 0.299 e. The molecule has 1 nitrogen and oxygen atoms in total. The molecule has 0 N–H and O–H groups in total. The first-order valence-corrected chi connectivity index (χ1v) is 5.93. The molecule has 1 heteroatoms. The first-order valence-electron chi connectivity index (χ1n) is 5.93. The Balaban J connectivity index is 2.89. The second kappa shape index (κ2) is 4.82. The van der Waals surface area contributed by atoms with E-state index in [-0.39, 0.29) is 11.3 Å². The fourth-order valence-corrected chi connectivity index (χ4v) is 2.15. The molecule has 0 bridgehead atoms. The van der Waals surface area contributed by atoms with E-state index in [1.165, 1.54) is 11.1 Å². The summed E-state index contributed by atoms with van der Waals surface area (Å²) in [5, 5.41) is 0. The van der Waals surface area contributed by atoms with Crippen LogP contribution in [0.4, 0.5) is 0 Å². The normalized spacial score (nSPS) is 11.9. The van der Waals surface area contributed by atoms with Gasteiger partial charge in [0, 0.05) is 11.3 Å². The number of carbonyl (C=O) groups is 1. The smallest absolute Gasteiger partial charge is 0.141 e.